The third-order valence-corrected chi connectivity index (χ3v) is 6.87. The Bertz CT molecular complexity index is 393. The van der Waals surface area contributed by atoms with E-state index in [1.165, 1.54) is 32.8 Å². The van der Waals surface area contributed by atoms with Gasteiger partial charge in [-0.3, -0.25) is 0 Å². The minimum Gasteiger partial charge on any atom is -0.438 e. The van der Waals surface area contributed by atoms with Crippen molar-refractivity contribution in [1.82, 2.24) is 0 Å². The van der Waals surface area contributed by atoms with Gasteiger partial charge in [0.25, 0.3) is 0 Å². The average Bonchev–Trinajstić information content (AvgIpc) is 3.11. The third kappa shape index (κ3) is 1.59. The van der Waals surface area contributed by atoms with Crippen LogP contribution in [0.1, 0.15) is 32.6 Å². The number of hydrogen-bond donors (Lipinski definition) is 0. The van der Waals surface area contributed by atoms with E-state index in [-0.39, 0.29) is 0 Å². The molecule has 3 nitrogen and oxygen atoms in total. The van der Waals surface area contributed by atoms with Crippen molar-refractivity contribution in [3.63, 3.8) is 0 Å². The molecule has 0 amide bonds. The molecule has 19 heavy (non-hydrogen) atoms. The summed E-state index contributed by atoms with van der Waals surface area (Å²) < 4.78 is 9.80. The normalized spacial score (nSPS) is 53.4. The number of carbonyl (C=O) groups is 1. The van der Waals surface area contributed by atoms with Crippen LogP contribution in [-0.4, -0.2) is 19.9 Å². The molecule has 3 heteroatoms. The van der Waals surface area contributed by atoms with Gasteiger partial charge in [-0.1, -0.05) is 6.92 Å². The van der Waals surface area contributed by atoms with Gasteiger partial charge in [-0.15, -0.1) is 0 Å². The molecule has 0 spiro atoms. The molecule has 4 fully saturated rings. The first-order valence-corrected chi connectivity index (χ1v) is 7.89. The van der Waals surface area contributed by atoms with Gasteiger partial charge in [-0.2, -0.15) is 0 Å². The monoisotopic (exact) mass is 264 g/mol. The first-order valence-electron chi connectivity index (χ1n) is 7.89. The van der Waals surface area contributed by atoms with Crippen LogP contribution < -0.4 is 0 Å². The number of methoxy groups -OCH3 is 1. The molecule has 8 unspecified atom stereocenters. The van der Waals surface area contributed by atoms with Crippen LogP contribution in [-0.2, 0) is 9.47 Å². The second-order valence-corrected chi connectivity index (χ2v) is 7.45. The summed E-state index contributed by atoms with van der Waals surface area (Å²) in [5.41, 5.74) is 0. The van der Waals surface area contributed by atoms with E-state index in [2.05, 4.69) is 11.7 Å². The maximum Gasteiger partial charge on any atom is 0.507 e. The molecule has 0 radical (unpaired) electrons. The van der Waals surface area contributed by atoms with Gasteiger partial charge in [0.1, 0.15) is 0 Å². The van der Waals surface area contributed by atoms with Crippen molar-refractivity contribution in [2.75, 3.05) is 13.7 Å². The summed E-state index contributed by atoms with van der Waals surface area (Å²) in [6, 6.07) is 0. The number of carbonyl (C=O) groups excluding carboxylic acids is 1. The van der Waals surface area contributed by atoms with Crippen LogP contribution in [0.2, 0.25) is 0 Å². The molecular formula is C16H24O3. The predicted octanol–water partition coefficient (Wildman–Crippen LogP) is 3.33. The quantitative estimate of drug-likeness (QED) is 0.567. The Balaban J connectivity index is 1.45. The summed E-state index contributed by atoms with van der Waals surface area (Å²) in [6.07, 6.45) is 5.14. The fraction of sp³-hybridized carbons (Fsp3) is 0.938. The van der Waals surface area contributed by atoms with Crippen molar-refractivity contribution in [3.8, 4) is 0 Å². The first-order chi connectivity index (χ1) is 9.19. The molecule has 8 atom stereocenters. The van der Waals surface area contributed by atoms with Crippen LogP contribution in [0.5, 0.6) is 0 Å². The van der Waals surface area contributed by atoms with E-state index in [0.29, 0.717) is 12.5 Å². The molecule has 0 saturated heterocycles. The van der Waals surface area contributed by atoms with Gasteiger partial charge < -0.3 is 9.47 Å². The highest BCUT2D eigenvalue weighted by Gasteiger charge is 2.63. The highest BCUT2D eigenvalue weighted by Crippen LogP contribution is 2.69. The lowest BCUT2D eigenvalue weighted by Gasteiger charge is -2.40. The molecule has 0 aromatic carbocycles. The average molecular weight is 264 g/mol. The Labute approximate surface area is 115 Å². The number of hydrogen-bond acceptors (Lipinski definition) is 3. The highest BCUT2D eigenvalue weighted by molar-refractivity contribution is 5.59. The SMILES string of the molecule is COC(=O)OCC1CC2CC1C1C3CC(C)C(C3)C21. The molecule has 0 aromatic rings. The van der Waals surface area contributed by atoms with Crippen LogP contribution >= 0.6 is 0 Å². The molecular weight excluding hydrogens is 240 g/mol. The molecule has 0 aliphatic heterocycles. The van der Waals surface area contributed by atoms with E-state index in [0.717, 1.165) is 41.4 Å². The van der Waals surface area contributed by atoms with Gasteiger partial charge >= 0.3 is 6.16 Å². The van der Waals surface area contributed by atoms with Gasteiger partial charge in [0, 0.05) is 0 Å². The fourth-order valence-corrected chi connectivity index (χ4v) is 6.49. The lowest BCUT2D eigenvalue weighted by Crippen LogP contribution is -2.36. The Kier molecular flexibility index (Phi) is 2.62. The van der Waals surface area contributed by atoms with Crippen molar-refractivity contribution < 1.29 is 14.3 Å². The molecule has 4 bridgehead atoms. The molecule has 4 aliphatic rings. The summed E-state index contributed by atoms with van der Waals surface area (Å²) in [5.74, 6) is 7.34. The number of fused-ring (bicyclic) bond motifs is 9. The van der Waals surface area contributed by atoms with E-state index in [9.17, 15) is 4.79 Å². The zero-order valence-electron chi connectivity index (χ0n) is 11.9. The second kappa shape index (κ2) is 4.13. The molecule has 106 valence electrons. The summed E-state index contributed by atoms with van der Waals surface area (Å²) in [7, 11) is 1.39. The van der Waals surface area contributed by atoms with Crippen LogP contribution in [0.25, 0.3) is 0 Å². The predicted molar refractivity (Wildman–Crippen MR) is 70.4 cm³/mol. The van der Waals surface area contributed by atoms with Gasteiger partial charge in [0.05, 0.1) is 13.7 Å². The third-order valence-electron chi connectivity index (χ3n) is 6.87. The van der Waals surface area contributed by atoms with E-state index < -0.39 is 6.16 Å². The van der Waals surface area contributed by atoms with E-state index >= 15 is 0 Å². The molecule has 0 heterocycles. The first kappa shape index (κ1) is 12.0. The Morgan fingerprint density at radius 3 is 2.53 bits per heavy atom. The van der Waals surface area contributed by atoms with E-state index in [1.54, 1.807) is 0 Å². The molecule has 4 rings (SSSR count). The molecule has 4 aliphatic carbocycles. The lowest BCUT2D eigenvalue weighted by atomic mass is 9.65. The van der Waals surface area contributed by atoms with Gasteiger partial charge in [0.15, 0.2) is 0 Å². The van der Waals surface area contributed by atoms with Crippen molar-refractivity contribution in [2.45, 2.75) is 32.6 Å². The van der Waals surface area contributed by atoms with Gasteiger partial charge in [-0.25, -0.2) is 4.79 Å². The van der Waals surface area contributed by atoms with Crippen LogP contribution in [0.4, 0.5) is 4.79 Å². The minimum atomic E-state index is -0.513. The maximum atomic E-state index is 11.1. The van der Waals surface area contributed by atoms with Crippen LogP contribution in [0, 0.1) is 47.3 Å². The van der Waals surface area contributed by atoms with Gasteiger partial charge in [-0.05, 0) is 73.0 Å². The van der Waals surface area contributed by atoms with E-state index in [1.807, 2.05) is 0 Å². The summed E-state index contributed by atoms with van der Waals surface area (Å²) in [5, 5.41) is 0. The smallest absolute Gasteiger partial charge is 0.438 e. The summed E-state index contributed by atoms with van der Waals surface area (Å²) in [6.45, 7) is 3.05. The maximum absolute atomic E-state index is 11.1. The topological polar surface area (TPSA) is 35.5 Å². The van der Waals surface area contributed by atoms with Crippen molar-refractivity contribution >= 4 is 6.16 Å². The zero-order chi connectivity index (χ0) is 13.1. The molecule has 0 N–H and O–H groups in total. The second-order valence-electron chi connectivity index (χ2n) is 7.45. The number of ether oxygens (including phenoxy) is 2. The van der Waals surface area contributed by atoms with Crippen LogP contribution in [0.3, 0.4) is 0 Å². The standard InChI is InChI=1S/C16H24O3/c1-8-3-9-5-12(8)14-10-4-11(7-19-16(17)18-2)13(6-10)15(9)14/h8-15H,3-7H2,1-2H3. The Hall–Kier alpha value is -0.730. The van der Waals surface area contributed by atoms with Crippen molar-refractivity contribution in [1.29, 1.82) is 0 Å². The Morgan fingerprint density at radius 1 is 1.05 bits per heavy atom. The minimum absolute atomic E-state index is 0.513. The van der Waals surface area contributed by atoms with E-state index in [4.69, 9.17) is 4.74 Å². The van der Waals surface area contributed by atoms with Crippen molar-refractivity contribution in [3.05, 3.63) is 0 Å². The largest absolute Gasteiger partial charge is 0.507 e. The fourth-order valence-electron chi connectivity index (χ4n) is 6.49. The zero-order valence-corrected chi connectivity index (χ0v) is 11.9. The molecule has 4 saturated carbocycles. The molecule has 0 aromatic heterocycles. The van der Waals surface area contributed by atoms with Crippen molar-refractivity contribution in [2.24, 2.45) is 47.3 Å². The lowest BCUT2D eigenvalue weighted by molar-refractivity contribution is 0.0224. The van der Waals surface area contributed by atoms with Gasteiger partial charge in [0.2, 0.25) is 0 Å². The highest BCUT2D eigenvalue weighted by atomic mass is 16.7. The number of rotatable bonds is 2. The van der Waals surface area contributed by atoms with Crippen LogP contribution in [0.15, 0.2) is 0 Å². The summed E-state index contributed by atoms with van der Waals surface area (Å²) in [4.78, 5) is 11.1. The summed E-state index contributed by atoms with van der Waals surface area (Å²) >= 11 is 0. The Morgan fingerprint density at radius 2 is 1.74 bits per heavy atom.